The molecule has 1 aromatic carbocycles. The van der Waals surface area contributed by atoms with Crippen LogP contribution in [0.1, 0.15) is 31.2 Å². The average Bonchev–Trinajstić information content (AvgIpc) is 2.99. The van der Waals surface area contributed by atoms with Crippen molar-refractivity contribution >= 4 is 52.2 Å². The van der Waals surface area contributed by atoms with Gasteiger partial charge in [-0.3, -0.25) is 14.5 Å². The number of carboxylic acid groups (broad SMARTS) is 1. The molecule has 2 amide bonds. The van der Waals surface area contributed by atoms with E-state index in [1.54, 1.807) is 13.2 Å². The minimum atomic E-state index is -0.983. The van der Waals surface area contributed by atoms with Crippen molar-refractivity contribution in [3.8, 4) is 5.75 Å². The Morgan fingerprint density at radius 2 is 2.10 bits per heavy atom. The zero-order valence-electron chi connectivity index (χ0n) is 16.0. The highest BCUT2D eigenvalue weighted by atomic mass is 32.2. The van der Waals surface area contributed by atoms with E-state index < -0.39 is 12.0 Å². The van der Waals surface area contributed by atoms with Crippen molar-refractivity contribution < 1.29 is 24.2 Å². The molecule has 0 saturated carbocycles. The summed E-state index contributed by atoms with van der Waals surface area (Å²) in [7, 11) is 1.56. The molecule has 2 saturated heterocycles. The van der Waals surface area contributed by atoms with Crippen LogP contribution >= 0.6 is 24.0 Å². The molecule has 1 atom stereocenters. The van der Waals surface area contributed by atoms with Crippen LogP contribution in [-0.4, -0.2) is 63.3 Å². The molecule has 1 aromatic rings. The first-order chi connectivity index (χ1) is 13.9. The predicted octanol–water partition coefficient (Wildman–Crippen LogP) is 2.75. The lowest BCUT2D eigenvalue weighted by Gasteiger charge is -2.33. The van der Waals surface area contributed by atoms with Crippen LogP contribution in [0.2, 0.25) is 0 Å². The number of methoxy groups -OCH3 is 1. The molecule has 29 heavy (non-hydrogen) atoms. The van der Waals surface area contributed by atoms with Gasteiger partial charge in [0.25, 0.3) is 5.91 Å². The van der Waals surface area contributed by atoms with Crippen molar-refractivity contribution in [2.75, 3.05) is 20.2 Å². The number of ether oxygens (including phenoxy) is 1. The first-order valence-corrected chi connectivity index (χ1v) is 10.6. The summed E-state index contributed by atoms with van der Waals surface area (Å²) in [4.78, 5) is 40.0. The molecule has 2 fully saturated rings. The molecule has 2 aliphatic heterocycles. The summed E-state index contributed by atoms with van der Waals surface area (Å²) in [6, 6.07) is 6.57. The fraction of sp³-hybridized carbons (Fsp3) is 0.400. The number of thioether (sulfide) groups is 1. The van der Waals surface area contributed by atoms with Crippen LogP contribution in [0, 0.1) is 0 Å². The Hall–Kier alpha value is -2.39. The van der Waals surface area contributed by atoms with Gasteiger partial charge in [0.1, 0.15) is 16.1 Å². The van der Waals surface area contributed by atoms with E-state index in [-0.39, 0.29) is 24.8 Å². The van der Waals surface area contributed by atoms with E-state index in [0.29, 0.717) is 27.9 Å². The second-order valence-electron chi connectivity index (χ2n) is 6.76. The van der Waals surface area contributed by atoms with Crippen molar-refractivity contribution in [1.82, 2.24) is 9.80 Å². The SMILES string of the molecule is COc1ccccc1C=C1SC(=S)N(CCC(=O)N2CCCCC2C(=O)O)C1=O. The lowest BCUT2D eigenvalue weighted by molar-refractivity contribution is -0.152. The zero-order chi connectivity index (χ0) is 21.0. The lowest BCUT2D eigenvalue weighted by atomic mass is 10.0. The maximum atomic E-state index is 12.8. The third-order valence-electron chi connectivity index (χ3n) is 4.96. The summed E-state index contributed by atoms with van der Waals surface area (Å²) in [6.07, 6.45) is 3.81. The number of nitrogens with zero attached hydrogens (tertiary/aromatic N) is 2. The number of hydrogen-bond donors (Lipinski definition) is 1. The van der Waals surface area contributed by atoms with Gasteiger partial charge < -0.3 is 14.7 Å². The number of likely N-dealkylation sites (tertiary alicyclic amines) is 1. The van der Waals surface area contributed by atoms with Crippen molar-refractivity contribution in [1.29, 1.82) is 0 Å². The molecule has 0 radical (unpaired) electrons. The predicted molar refractivity (Wildman–Crippen MR) is 114 cm³/mol. The second-order valence-corrected chi connectivity index (χ2v) is 8.44. The molecule has 3 rings (SSSR count). The fourth-order valence-electron chi connectivity index (χ4n) is 3.46. The molecular formula is C20H22N2O5S2. The number of thiocarbonyl (C=S) groups is 1. The minimum absolute atomic E-state index is 0.0398. The lowest BCUT2D eigenvalue weighted by Crippen LogP contribution is -2.48. The number of carbonyl (C=O) groups excluding carboxylic acids is 2. The maximum absolute atomic E-state index is 12.8. The van der Waals surface area contributed by atoms with Crippen molar-refractivity contribution in [2.24, 2.45) is 0 Å². The van der Waals surface area contributed by atoms with Crippen LogP contribution in [0.3, 0.4) is 0 Å². The summed E-state index contributed by atoms with van der Waals surface area (Å²) < 4.78 is 5.70. The van der Waals surface area contributed by atoms with E-state index in [4.69, 9.17) is 17.0 Å². The molecule has 7 nitrogen and oxygen atoms in total. The van der Waals surface area contributed by atoms with Gasteiger partial charge in [-0.1, -0.05) is 42.2 Å². The van der Waals surface area contributed by atoms with Gasteiger partial charge in [-0.15, -0.1) is 0 Å². The number of rotatable bonds is 6. The Labute approximate surface area is 178 Å². The van der Waals surface area contributed by atoms with E-state index in [1.807, 2.05) is 24.3 Å². The molecule has 0 aromatic heterocycles. The van der Waals surface area contributed by atoms with Crippen LogP contribution in [-0.2, 0) is 14.4 Å². The van der Waals surface area contributed by atoms with E-state index in [0.717, 1.165) is 18.4 Å². The molecule has 0 bridgehead atoms. The van der Waals surface area contributed by atoms with Crippen LogP contribution < -0.4 is 4.74 Å². The van der Waals surface area contributed by atoms with Gasteiger partial charge >= 0.3 is 5.97 Å². The molecule has 2 heterocycles. The standard InChI is InChI=1S/C20H22N2O5S2/c1-27-15-8-3-2-6-13(15)12-16-18(24)22(20(28)29-16)11-9-17(23)21-10-5-4-7-14(21)19(25)26/h2-3,6,8,12,14H,4-5,7,9-11H2,1H3,(H,25,26). The highest BCUT2D eigenvalue weighted by Gasteiger charge is 2.35. The highest BCUT2D eigenvalue weighted by Crippen LogP contribution is 2.34. The molecule has 154 valence electrons. The maximum Gasteiger partial charge on any atom is 0.326 e. The second kappa shape index (κ2) is 9.41. The van der Waals surface area contributed by atoms with E-state index in [1.165, 1.54) is 21.6 Å². The summed E-state index contributed by atoms with van der Waals surface area (Å²) in [5.74, 6) is -0.854. The molecule has 9 heteroatoms. The molecule has 1 N–H and O–H groups in total. The number of para-hydroxylation sites is 1. The third kappa shape index (κ3) is 4.79. The zero-order valence-corrected chi connectivity index (χ0v) is 17.6. The summed E-state index contributed by atoms with van der Waals surface area (Å²) in [5.41, 5.74) is 0.768. The van der Waals surface area contributed by atoms with Crippen molar-refractivity contribution in [3.63, 3.8) is 0 Å². The Bertz CT molecular complexity index is 870. The van der Waals surface area contributed by atoms with Crippen LogP contribution in [0.15, 0.2) is 29.2 Å². The average molecular weight is 435 g/mol. The summed E-state index contributed by atoms with van der Waals surface area (Å²) in [6.45, 7) is 0.567. The highest BCUT2D eigenvalue weighted by molar-refractivity contribution is 8.26. The molecular weight excluding hydrogens is 412 g/mol. The topological polar surface area (TPSA) is 87.2 Å². The number of carboxylic acids is 1. The van der Waals surface area contributed by atoms with Gasteiger partial charge in [0.05, 0.1) is 12.0 Å². The normalized spacial score (nSPS) is 21.0. The van der Waals surface area contributed by atoms with Crippen LogP contribution in [0.5, 0.6) is 5.75 Å². The minimum Gasteiger partial charge on any atom is -0.496 e. The Kier molecular flexibility index (Phi) is 6.92. The molecule has 2 aliphatic rings. The molecule has 1 unspecified atom stereocenters. The number of hydrogen-bond acceptors (Lipinski definition) is 6. The van der Waals surface area contributed by atoms with Crippen molar-refractivity contribution in [3.05, 3.63) is 34.7 Å². The number of benzene rings is 1. The number of amides is 2. The Morgan fingerprint density at radius 3 is 2.83 bits per heavy atom. The first-order valence-electron chi connectivity index (χ1n) is 9.33. The van der Waals surface area contributed by atoms with Gasteiger partial charge in [-0.05, 0) is 31.4 Å². The Morgan fingerprint density at radius 1 is 1.34 bits per heavy atom. The monoisotopic (exact) mass is 434 g/mol. The fourth-order valence-corrected chi connectivity index (χ4v) is 4.76. The van der Waals surface area contributed by atoms with Crippen LogP contribution in [0.4, 0.5) is 0 Å². The van der Waals surface area contributed by atoms with E-state index in [9.17, 15) is 19.5 Å². The summed E-state index contributed by atoms with van der Waals surface area (Å²) in [5, 5.41) is 9.34. The number of carbonyl (C=O) groups is 3. The Balaban J connectivity index is 1.67. The molecule has 0 aliphatic carbocycles. The number of aliphatic carboxylic acids is 1. The van der Waals surface area contributed by atoms with Gasteiger partial charge in [0.15, 0.2) is 0 Å². The quantitative estimate of drug-likeness (QED) is 0.544. The van der Waals surface area contributed by atoms with E-state index in [2.05, 4.69) is 0 Å². The van der Waals surface area contributed by atoms with E-state index >= 15 is 0 Å². The van der Waals surface area contributed by atoms with Gasteiger partial charge in [0, 0.05) is 25.1 Å². The van der Waals surface area contributed by atoms with Gasteiger partial charge in [-0.2, -0.15) is 0 Å². The first kappa shape index (κ1) is 21.3. The molecule has 0 spiro atoms. The summed E-state index contributed by atoms with van der Waals surface area (Å²) >= 11 is 6.51. The van der Waals surface area contributed by atoms with Crippen LogP contribution in [0.25, 0.3) is 6.08 Å². The third-order valence-corrected chi connectivity index (χ3v) is 6.33. The smallest absolute Gasteiger partial charge is 0.326 e. The van der Waals surface area contributed by atoms with Gasteiger partial charge in [-0.25, -0.2) is 4.79 Å². The number of piperidine rings is 1. The van der Waals surface area contributed by atoms with Crippen molar-refractivity contribution in [2.45, 2.75) is 31.7 Å². The largest absolute Gasteiger partial charge is 0.496 e. The van der Waals surface area contributed by atoms with Gasteiger partial charge in [0.2, 0.25) is 5.91 Å².